The predicted octanol–water partition coefficient (Wildman–Crippen LogP) is 2.85. The molecule has 0 spiro atoms. The highest BCUT2D eigenvalue weighted by molar-refractivity contribution is 14.1. The molecule has 0 radical (unpaired) electrons. The van der Waals surface area contributed by atoms with Crippen LogP contribution in [0.25, 0.3) is 0 Å². The van der Waals surface area contributed by atoms with Gasteiger partial charge in [0.05, 0.1) is 7.11 Å². The predicted molar refractivity (Wildman–Crippen MR) is 104 cm³/mol. The third-order valence-corrected chi connectivity index (χ3v) is 5.35. The molecule has 2 N–H and O–H groups in total. The lowest BCUT2D eigenvalue weighted by Gasteiger charge is -2.26. The summed E-state index contributed by atoms with van der Waals surface area (Å²) in [6.07, 6.45) is 5.60. The minimum absolute atomic E-state index is 0.0175. The second kappa shape index (κ2) is 9.43. The first-order valence-corrected chi connectivity index (χ1v) is 10.4. The van der Waals surface area contributed by atoms with Crippen LogP contribution in [0.3, 0.4) is 0 Å². The summed E-state index contributed by atoms with van der Waals surface area (Å²) in [4.78, 5) is 7.46. The fourth-order valence-corrected chi connectivity index (χ4v) is 3.58. The Bertz CT molecular complexity index is 595. The molecule has 1 aromatic carbocycles. The standard InChI is InChI=1S/C15H19IN3O2SSi/c1-21-14-9-12(17-15(18-14)22-2)7-8-13(19-23-20)10-3-5-11(16)6-4-10/h3-6,9,13,15,17,19H,7-8H2,1-2H3/q-1/t13-,15?/m0/s1. The van der Waals surface area contributed by atoms with E-state index in [0.29, 0.717) is 5.90 Å². The third-order valence-electron chi connectivity index (χ3n) is 3.49. The minimum atomic E-state index is -0.524. The molecule has 8 heteroatoms. The molecule has 1 aliphatic heterocycles. The maximum absolute atomic E-state index is 11.1. The minimum Gasteiger partial charge on any atom is -0.593 e. The van der Waals surface area contributed by atoms with Crippen molar-refractivity contribution in [3.8, 4) is 0 Å². The van der Waals surface area contributed by atoms with Gasteiger partial charge < -0.3 is 19.5 Å². The molecular formula is C15H19IN3O2SSi-. The van der Waals surface area contributed by atoms with Crippen LogP contribution in [0.5, 0.6) is 0 Å². The summed E-state index contributed by atoms with van der Waals surface area (Å²) < 4.78 is 17.5. The maximum Gasteiger partial charge on any atom is 0.212 e. The summed E-state index contributed by atoms with van der Waals surface area (Å²) in [5.74, 6) is 0.641. The van der Waals surface area contributed by atoms with Crippen molar-refractivity contribution in [3.05, 3.63) is 45.2 Å². The number of nitrogens with one attached hydrogen (secondary N) is 2. The van der Waals surface area contributed by atoms with Gasteiger partial charge in [-0.3, -0.25) is 0 Å². The van der Waals surface area contributed by atoms with E-state index in [9.17, 15) is 4.46 Å². The molecule has 0 aromatic heterocycles. The van der Waals surface area contributed by atoms with E-state index in [-0.39, 0.29) is 11.5 Å². The zero-order valence-corrected chi connectivity index (χ0v) is 17.0. The van der Waals surface area contributed by atoms with E-state index in [4.69, 9.17) is 4.74 Å². The van der Waals surface area contributed by atoms with Gasteiger partial charge in [-0.15, -0.1) is 11.8 Å². The van der Waals surface area contributed by atoms with E-state index in [1.807, 2.05) is 12.3 Å². The van der Waals surface area contributed by atoms with Gasteiger partial charge >= 0.3 is 0 Å². The number of allylic oxidation sites excluding steroid dienone is 1. The van der Waals surface area contributed by atoms with E-state index < -0.39 is 9.57 Å². The summed E-state index contributed by atoms with van der Waals surface area (Å²) in [6.45, 7) is 0. The number of rotatable bonds is 7. The second-order valence-corrected chi connectivity index (χ2v) is 7.62. The summed E-state index contributed by atoms with van der Waals surface area (Å²) >= 11 is 3.91. The first-order valence-electron chi connectivity index (χ1n) is 7.16. The zero-order chi connectivity index (χ0) is 16.7. The molecule has 1 unspecified atom stereocenters. The van der Waals surface area contributed by atoms with Gasteiger partial charge in [0.1, 0.15) is 0 Å². The van der Waals surface area contributed by atoms with Crippen molar-refractivity contribution >= 4 is 49.8 Å². The van der Waals surface area contributed by atoms with Gasteiger partial charge in [0.2, 0.25) is 5.90 Å². The Morgan fingerprint density at radius 3 is 2.83 bits per heavy atom. The number of hydrogen-bond donors (Lipinski definition) is 2. The molecule has 0 saturated carbocycles. The molecule has 0 fully saturated rings. The van der Waals surface area contributed by atoms with E-state index >= 15 is 0 Å². The average molecular weight is 460 g/mol. The van der Waals surface area contributed by atoms with Crippen molar-refractivity contribution in [3.63, 3.8) is 0 Å². The lowest BCUT2D eigenvalue weighted by Crippen LogP contribution is -2.30. The quantitative estimate of drug-likeness (QED) is 0.484. The number of benzene rings is 1. The van der Waals surface area contributed by atoms with Crippen molar-refractivity contribution in [2.75, 3.05) is 13.4 Å². The van der Waals surface area contributed by atoms with Gasteiger partial charge in [0, 0.05) is 21.4 Å². The van der Waals surface area contributed by atoms with Gasteiger partial charge in [-0.1, -0.05) is 21.7 Å². The number of nitrogens with zero attached hydrogens (tertiary/aromatic N) is 1. The van der Waals surface area contributed by atoms with E-state index in [1.165, 1.54) is 3.57 Å². The van der Waals surface area contributed by atoms with Crippen molar-refractivity contribution in [2.45, 2.75) is 24.4 Å². The number of halogens is 1. The Morgan fingerprint density at radius 1 is 1.48 bits per heavy atom. The topological polar surface area (TPSA) is 62.7 Å². The smallest absolute Gasteiger partial charge is 0.212 e. The van der Waals surface area contributed by atoms with Crippen molar-refractivity contribution in [2.24, 2.45) is 4.99 Å². The maximum atomic E-state index is 11.1. The molecule has 23 heavy (non-hydrogen) atoms. The number of aliphatic imine (C=N–C) groups is 1. The Kier molecular flexibility index (Phi) is 7.57. The van der Waals surface area contributed by atoms with Crippen LogP contribution in [0.2, 0.25) is 0 Å². The highest BCUT2D eigenvalue weighted by atomic mass is 127. The normalized spacial score (nSPS) is 18.3. The van der Waals surface area contributed by atoms with Crippen LogP contribution >= 0.6 is 34.4 Å². The first-order chi connectivity index (χ1) is 11.2. The van der Waals surface area contributed by atoms with Crippen LogP contribution in [0, 0.1) is 3.57 Å². The molecule has 1 aliphatic rings. The monoisotopic (exact) mass is 460 g/mol. The number of hydrogen-bond acceptors (Lipinski definition) is 5. The Balaban J connectivity index is 2.03. The number of methoxy groups -OCH3 is 1. The Labute approximate surface area is 156 Å². The van der Waals surface area contributed by atoms with Crippen molar-refractivity contribution in [1.82, 2.24) is 10.3 Å². The summed E-state index contributed by atoms with van der Waals surface area (Å²) in [5.41, 5.74) is 2.21. The van der Waals surface area contributed by atoms with Crippen LogP contribution < -0.4 is 10.3 Å². The fraction of sp³-hybridized carbons (Fsp3) is 0.400. The van der Waals surface area contributed by atoms with Gasteiger partial charge in [-0.25, -0.2) is 4.99 Å². The van der Waals surface area contributed by atoms with Gasteiger partial charge in [0.25, 0.3) is 0 Å². The molecule has 124 valence electrons. The zero-order valence-electron chi connectivity index (χ0n) is 13.0. The highest BCUT2D eigenvalue weighted by Gasteiger charge is 2.16. The van der Waals surface area contributed by atoms with Crippen molar-refractivity contribution in [1.29, 1.82) is 0 Å². The van der Waals surface area contributed by atoms with Gasteiger partial charge in [0.15, 0.2) is 5.50 Å². The van der Waals surface area contributed by atoms with E-state index in [2.05, 4.69) is 62.1 Å². The van der Waals surface area contributed by atoms with Crippen LogP contribution in [0.4, 0.5) is 0 Å². The first kappa shape index (κ1) is 18.5. The third kappa shape index (κ3) is 5.61. The highest BCUT2D eigenvalue weighted by Crippen LogP contribution is 2.23. The molecule has 0 amide bonds. The van der Waals surface area contributed by atoms with Gasteiger partial charge in [-0.05, 0) is 59.4 Å². The average Bonchev–Trinajstić information content (AvgIpc) is 2.59. The second-order valence-electron chi connectivity index (χ2n) is 4.96. The van der Waals surface area contributed by atoms with E-state index in [0.717, 1.165) is 24.1 Å². The number of thioether (sulfide) groups is 1. The summed E-state index contributed by atoms with van der Waals surface area (Å²) in [6, 6.07) is 8.35. The molecular weight excluding hydrogens is 441 g/mol. The van der Waals surface area contributed by atoms with Crippen LogP contribution in [0.1, 0.15) is 24.4 Å². The SMILES string of the molecule is COC1=NC(SC)NC(CC[C@H](N[Si-]=O)c2ccc(I)cc2)=C1. The molecule has 0 saturated heterocycles. The van der Waals surface area contributed by atoms with Crippen LogP contribution in [-0.4, -0.2) is 34.3 Å². The van der Waals surface area contributed by atoms with Crippen LogP contribution in [0.15, 0.2) is 41.0 Å². The van der Waals surface area contributed by atoms with Gasteiger partial charge in [-0.2, -0.15) is 0 Å². The molecule has 1 aromatic rings. The van der Waals surface area contributed by atoms with Crippen LogP contribution in [-0.2, 0) is 9.20 Å². The fourth-order valence-electron chi connectivity index (χ4n) is 2.29. The molecule has 0 aliphatic carbocycles. The molecule has 2 rings (SSSR count). The largest absolute Gasteiger partial charge is 0.593 e. The number of ether oxygens (including phenoxy) is 1. The lowest BCUT2D eigenvalue weighted by atomic mass is 10.0. The summed E-state index contributed by atoms with van der Waals surface area (Å²) in [5, 5.41) is 3.38. The molecule has 5 nitrogen and oxygen atoms in total. The Hall–Kier alpha value is -0.873. The van der Waals surface area contributed by atoms with Crippen molar-refractivity contribution < 1.29 is 9.20 Å². The van der Waals surface area contributed by atoms with E-state index in [1.54, 1.807) is 18.9 Å². The molecule has 2 atom stereocenters. The lowest BCUT2D eigenvalue weighted by molar-refractivity contribution is 0.399. The Morgan fingerprint density at radius 2 is 2.22 bits per heavy atom. The summed E-state index contributed by atoms with van der Waals surface area (Å²) in [7, 11) is 1.10. The molecule has 0 bridgehead atoms. The molecule has 1 heterocycles.